The summed E-state index contributed by atoms with van der Waals surface area (Å²) < 4.78 is 10.5. The van der Waals surface area contributed by atoms with Crippen LogP contribution >= 0.6 is 0 Å². The van der Waals surface area contributed by atoms with E-state index in [1.165, 1.54) is 16.7 Å². The average molecular weight is 353 g/mol. The third-order valence-electron chi connectivity index (χ3n) is 5.13. The fraction of sp³-hybridized carbons (Fsp3) is 0.409. The summed E-state index contributed by atoms with van der Waals surface area (Å²) in [5, 5.41) is 3.10. The zero-order valence-electron chi connectivity index (χ0n) is 15.5. The molecule has 2 unspecified atom stereocenters. The van der Waals surface area contributed by atoms with E-state index < -0.39 is 0 Å². The van der Waals surface area contributed by atoms with Crippen LogP contribution in [0.3, 0.4) is 0 Å². The van der Waals surface area contributed by atoms with Crippen LogP contribution < -0.4 is 10.1 Å². The Balaban J connectivity index is 1.78. The van der Waals surface area contributed by atoms with E-state index in [2.05, 4.69) is 29.6 Å². The maximum atomic E-state index is 12.1. The van der Waals surface area contributed by atoms with Crippen molar-refractivity contribution in [1.29, 1.82) is 0 Å². The maximum absolute atomic E-state index is 12.1. The Bertz CT molecular complexity index is 729. The van der Waals surface area contributed by atoms with Gasteiger partial charge < -0.3 is 14.8 Å². The first-order valence-corrected chi connectivity index (χ1v) is 9.32. The molecular weight excluding hydrogens is 326 g/mol. The van der Waals surface area contributed by atoms with Gasteiger partial charge in [0.15, 0.2) is 0 Å². The topological polar surface area (TPSA) is 47.6 Å². The highest BCUT2D eigenvalue weighted by molar-refractivity contribution is 5.67. The number of amides is 1. The fourth-order valence-corrected chi connectivity index (χ4v) is 3.76. The quantitative estimate of drug-likeness (QED) is 0.848. The minimum atomic E-state index is -0.329. The second-order valence-electron chi connectivity index (χ2n) is 6.80. The van der Waals surface area contributed by atoms with Gasteiger partial charge in [0.1, 0.15) is 5.75 Å². The average Bonchev–Trinajstić information content (AvgIpc) is 2.67. The summed E-state index contributed by atoms with van der Waals surface area (Å²) in [4.78, 5) is 12.1. The van der Waals surface area contributed by atoms with Gasteiger partial charge in [-0.05, 0) is 67.3 Å². The summed E-state index contributed by atoms with van der Waals surface area (Å²) in [6.45, 7) is 2.21. The Labute approximate surface area is 155 Å². The first-order chi connectivity index (χ1) is 12.7. The van der Waals surface area contributed by atoms with E-state index in [-0.39, 0.29) is 12.1 Å². The van der Waals surface area contributed by atoms with Gasteiger partial charge in [-0.15, -0.1) is 0 Å². The Hall–Kier alpha value is -2.49. The standard InChI is InChI=1S/C22H27NO3/c1-3-26-22(24)23-21(13-16-7-5-4-6-8-16)18-10-9-17-11-12-20(25-2)15-19(17)14-18/h4-8,11-12,15,18,21H,3,9-10,13-14H2,1-2H3,(H,23,24). The van der Waals surface area contributed by atoms with Crippen LogP contribution in [0.15, 0.2) is 48.5 Å². The molecule has 2 atom stereocenters. The molecule has 4 heteroatoms. The molecule has 0 saturated heterocycles. The van der Waals surface area contributed by atoms with Crippen LogP contribution in [0.2, 0.25) is 0 Å². The lowest BCUT2D eigenvalue weighted by Crippen LogP contribution is -2.44. The summed E-state index contributed by atoms with van der Waals surface area (Å²) in [7, 11) is 1.70. The first kappa shape index (κ1) is 18.3. The molecule has 0 fully saturated rings. The van der Waals surface area contributed by atoms with Crippen molar-refractivity contribution >= 4 is 6.09 Å². The van der Waals surface area contributed by atoms with Crippen molar-refractivity contribution in [3.05, 3.63) is 65.2 Å². The lowest BCUT2D eigenvalue weighted by atomic mass is 9.78. The van der Waals surface area contributed by atoms with Crippen molar-refractivity contribution in [3.63, 3.8) is 0 Å². The van der Waals surface area contributed by atoms with Gasteiger partial charge in [0.25, 0.3) is 0 Å². The van der Waals surface area contributed by atoms with Crippen molar-refractivity contribution in [2.45, 2.75) is 38.6 Å². The number of hydrogen-bond acceptors (Lipinski definition) is 3. The minimum Gasteiger partial charge on any atom is -0.497 e. The molecular formula is C22H27NO3. The maximum Gasteiger partial charge on any atom is 0.407 e. The summed E-state index contributed by atoms with van der Waals surface area (Å²) >= 11 is 0. The molecule has 0 aliphatic heterocycles. The van der Waals surface area contributed by atoms with Crippen molar-refractivity contribution < 1.29 is 14.3 Å². The zero-order chi connectivity index (χ0) is 18.4. The van der Waals surface area contributed by atoms with Gasteiger partial charge in [-0.1, -0.05) is 36.4 Å². The summed E-state index contributed by atoms with van der Waals surface area (Å²) in [6, 6.07) is 16.7. The number of rotatable bonds is 6. The summed E-state index contributed by atoms with van der Waals surface area (Å²) in [5.41, 5.74) is 3.94. The van der Waals surface area contributed by atoms with Crippen LogP contribution in [0.4, 0.5) is 4.79 Å². The summed E-state index contributed by atoms with van der Waals surface area (Å²) in [6.07, 6.45) is 3.51. The Kier molecular flexibility index (Phi) is 6.16. The highest BCUT2D eigenvalue weighted by atomic mass is 16.5. The largest absolute Gasteiger partial charge is 0.497 e. The highest BCUT2D eigenvalue weighted by Gasteiger charge is 2.28. The molecule has 0 saturated carbocycles. The lowest BCUT2D eigenvalue weighted by Gasteiger charge is -2.32. The zero-order valence-corrected chi connectivity index (χ0v) is 15.5. The van der Waals surface area contributed by atoms with E-state index in [9.17, 15) is 4.79 Å². The number of benzene rings is 2. The van der Waals surface area contributed by atoms with Gasteiger partial charge >= 0.3 is 6.09 Å². The number of methoxy groups -OCH3 is 1. The molecule has 1 N–H and O–H groups in total. The lowest BCUT2D eigenvalue weighted by molar-refractivity contribution is 0.142. The van der Waals surface area contributed by atoms with Crippen LogP contribution in [0, 0.1) is 5.92 Å². The van der Waals surface area contributed by atoms with E-state index in [0.717, 1.165) is 31.4 Å². The highest BCUT2D eigenvalue weighted by Crippen LogP contribution is 2.31. The number of fused-ring (bicyclic) bond motifs is 1. The van der Waals surface area contributed by atoms with Gasteiger partial charge in [0.2, 0.25) is 0 Å². The molecule has 0 bridgehead atoms. The number of alkyl carbamates (subject to hydrolysis) is 1. The second-order valence-corrected chi connectivity index (χ2v) is 6.80. The van der Waals surface area contributed by atoms with Crippen molar-refractivity contribution in [2.24, 2.45) is 5.92 Å². The van der Waals surface area contributed by atoms with Gasteiger partial charge in [-0.25, -0.2) is 4.79 Å². The number of carbonyl (C=O) groups is 1. The Morgan fingerprint density at radius 1 is 1.19 bits per heavy atom. The number of nitrogens with one attached hydrogen (secondary N) is 1. The third-order valence-corrected chi connectivity index (χ3v) is 5.13. The number of carbonyl (C=O) groups excluding carboxylic acids is 1. The molecule has 0 radical (unpaired) electrons. The Morgan fingerprint density at radius 3 is 2.73 bits per heavy atom. The normalized spacial score (nSPS) is 17.1. The Morgan fingerprint density at radius 2 is 2.00 bits per heavy atom. The van der Waals surface area contributed by atoms with E-state index in [4.69, 9.17) is 9.47 Å². The van der Waals surface area contributed by atoms with E-state index in [1.807, 2.05) is 31.2 Å². The molecule has 1 aliphatic carbocycles. The molecule has 2 aromatic carbocycles. The van der Waals surface area contributed by atoms with Gasteiger partial charge in [0, 0.05) is 6.04 Å². The summed E-state index contributed by atoms with van der Waals surface area (Å²) in [5.74, 6) is 1.27. The SMILES string of the molecule is CCOC(=O)NC(Cc1ccccc1)C1CCc2ccc(OC)cc2C1. The molecule has 3 rings (SSSR count). The molecule has 4 nitrogen and oxygen atoms in total. The second kappa shape index (κ2) is 8.75. The monoisotopic (exact) mass is 353 g/mol. The number of hydrogen-bond donors (Lipinski definition) is 1. The number of aryl methyl sites for hydroxylation is 1. The third kappa shape index (κ3) is 4.57. The van der Waals surface area contributed by atoms with Crippen LogP contribution in [0.1, 0.15) is 30.0 Å². The fourth-order valence-electron chi connectivity index (χ4n) is 3.76. The molecule has 1 amide bonds. The number of ether oxygens (including phenoxy) is 2. The minimum absolute atomic E-state index is 0.0517. The molecule has 0 aromatic heterocycles. The van der Waals surface area contributed by atoms with Gasteiger partial charge in [0.05, 0.1) is 13.7 Å². The van der Waals surface area contributed by atoms with Crippen LogP contribution in [-0.2, 0) is 24.0 Å². The molecule has 0 spiro atoms. The molecule has 26 heavy (non-hydrogen) atoms. The van der Waals surface area contributed by atoms with Crippen molar-refractivity contribution in [3.8, 4) is 5.75 Å². The van der Waals surface area contributed by atoms with Crippen molar-refractivity contribution in [2.75, 3.05) is 13.7 Å². The van der Waals surface area contributed by atoms with E-state index in [1.54, 1.807) is 7.11 Å². The van der Waals surface area contributed by atoms with Crippen LogP contribution in [-0.4, -0.2) is 25.9 Å². The van der Waals surface area contributed by atoms with Crippen LogP contribution in [0.25, 0.3) is 0 Å². The van der Waals surface area contributed by atoms with Crippen LogP contribution in [0.5, 0.6) is 5.75 Å². The van der Waals surface area contributed by atoms with Crippen molar-refractivity contribution in [1.82, 2.24) is 5.32 Å². The molecule has 138 valence electrons. The predicted molar refractivity (Wildman–Crippen MR) is 103 cm³/mol. The van der Waals surface area contributed by atoms with E-state index >= 15 is 0 Å². The van der Waals surface area contributed by atoms with Gasteiger partial charge in [-0.3, -0.25) is 0 Å². The molecule has 2 aromatic rings. The van der Waals surface area contributed by atoms with Gasteiger partial charge in [-0.2, -0.15) is 0 Å². The molecule has 0 heterocycles. The first-order valence-electron chi connectivity index (χ1n) is 9.32. The van der Waals surface area contributed by atoms with E-state index in [0.29, 0.717) is 12.5 Å². The molecule has 1 aliphatic rings. The smallest absolute Gasteiger partial charge is 0.407 e. The predicted octanol–water partition coefficient (Wildman–Crippen LogP) is 4.16.